The van der Waals surface area contributed by atoms with Crippen LogP contribution >= 0.6 is 15.9 Å². The summed E-state index contributed by atoms with van der Waals surface area (Å²) in [4.78, 5) is 12.8. The van der Waals surface area contributed by atoms with Crippen LogP contribution in [0, 0.1) is 12.7 Å². The lowest BCUT2D eigenvalue weighted by atomic mass is 10.2. The zero-order valence-corrected chi connectivity index (χ0v) is 23.7. The highest BCUT2D eigenvalue weighted by Gasteiger charge is 2.29. The van der Waals surface area contributed by atoms with Crippen LogP contribution in [0.15, 0.2) is 111 Å². The van der Waals surface area contributed by atoms with Crippen molar-refractivity contribution >= 4 is 58.9 Å². The lowest BCUT2D eigenvalue weighted by molar-refractivity contribution is -0.114. The topological polar surface area (TPSA) is 113 Å². The molecule has 0 spiro atoms. The molecule has 0 radical (unpaired) electrons. The van der Waals surface area contributed by atoms with Gasteiger partial charge in [0, 0.05) is 15.8 Å². The SMILES string of the molecule is Cc1ccc(S(=O)(=O)N(CC(=O)Nc2ccc(S(=O)(=O)Nc3ccc(Br)cc3)cc2)c2ccccc2F)cc1. The van der Waals surface area contributed by atoms with Crippen molar-refractivity contribution < 1.29 is 26.0 Å². The number of hydrogen-bond donors (Lipinski definition) is 2. The van der Waals surface area contributed by atoms with Gasteiger partial charge in [0.2, 0.25) is 5.91 Å². The predicted molar refractivity (Wildman–Crippen MR) is 152 cm³/mol. The second kappa shape index (κ2) is 11.6. The van der Waals surface area contributed by atoms with Crippen molar-refractivity contribution in [3.05, 3.63) is 113 Å². The van der Waals surface area contributed by atoms with Crippen molar-refractivity contribution in [3.63, 3.8) is 0 Å². The average Bonchev–Trinajstić information content (AvgIpc) is 2.89. The van der Waals surface area contributed by atoms with Gasteiger partial charge in [-0.05, 0) is 79.7 Å². The molecule has 2 N–H and O–H groups in total. The lowest BCUT2D eigenvalue weighted by Gasteiger charge is -2.24. The van der Waals surface area contributed by atoms with E-state index in [-0.39, 0.29) is 21.2 Å². The number of sulfonamides is 2. The van der Waals surface area contributed by atoms with Crippen LogP contribution in [0.25, 0.3) is 0 Å². The predicted octanol–water partition coefficient (Wildman–Crippen LogP) is 5.53. The average molecular weight is 633 g/mol. The van der Waals surface area contributed by atoms with Gasteiger partial charge in [-0.2, -0.15) is 0 Å². The van der Waals surface area contributed by atoms with E-state index in [0.717, 1.165) is 16.1 Å². The van der Waals surface area contributed by atoms with Crippen LogP contribution in [0.1, 0.15) is 5.56 Å². The molecule has 0 aliphatic heterocycles. The van der Waals surface area contributed by atoms with Crippen LogP contribution in [0.4, 0.5) is 21.5 Å². The monoisotopic (exact) mass is 631 g/mol. The maximum absolute atomic E-state index is 14.7. The van der Waals surface area contributed by atoms with Crippen LogP contribution in [0.5, 0.6) is 0 Å². The molecule has 12 heteroatoms. The molecule has 4 rings (SSSR count). The molecule has 4 aromatic carbocycles. The third kappa shape index (κ3) is 6.83. The van der Waals surface area contributed by atoms with Gasteiger partial charge in [0.05, 0.1) is 15.5 Å². The Balaban J connectivity index is 1.53. The molecule has 0 heterocycles. The minimum absolute atomic E-state index is 0.0432. The number of anilines is 3. The largest absolute Gasteiger partial charge is 0.325 e. The van der Waals surface area contributed by atoms with E-state index in [9.17, 15) is 26.0 Å². The van der Waals surface area contributed by atoms with E-state index < -0.39 is 38.3 Å². The third-order valence-corrected chi connectivity index (χ3v) is 9.26. The first-order valence-electron chi connectivity index (χ1n) is 11.5. The Morgan fingerprint density at radius 3 is 1.97 bits per heavy atom. The zero-order chi connectivity index (χ0) is 28.2. The van der Waals surface area contributed by atoms with Gasteiger partial charge >= 0.3 is 0 Å². The molecule has 4 aromatic rings. The quantitative estimate of drug-likeness (QED) is 0.252. The Labute approximate surface area is 234 Å². The zero-order valence-electron chi connectivity index (χ0n) is 20.5. The molecule has 0 aliphatic rings. The number of benzene rings is 4. The van der Waals surface area contributed by atoms with Gasteiger partial charge in [-0.1, -0.05) is 45.8 Å². The Morgan fingerprint density at radius 2 is 1.36 bits per heavy atom. The summed E-state index contributed by atoms with van der Waals surface area (Å²) in [7, 11) is -8.19. The molecule has 0 aliphatic carbocycles. The second-order valence-electron chi connectivity index (χ2n) is 8.46. The van der Waals surface area contributed by atoms with Crippen LogP contribution in [-0.2, 0) is 24.8 Å². The highest BCUT2D eigenvalue weighted by Crippen LogP contribution is 2.27. The molecule has 8 nitrogen and oxygen atoms in total. The van der Waals surface area contributed by atoms with Crippen molar-refractivity contribution in [1.82, 2.24) is 0 Å². The van der Waals surface area contributed by atoms with Crippen molar-refractivity contribution in [1.29, 1.82) is 0 Å². The number of halogens is 2. The molecule has 202 valence electrons. The van der Waals surface area contributed by atoms with Gasteiger partial charge in [-0.3, -0.25) is 13.8 Å². The van der Waals surface area contributed by atoms with Crippen molar-refractivity contribution in [2.75, 3.05) is 20.9 Å². The van der Waals surface area contributed by atoms with Gasteiger partial charge < -0.3 is 5.32 Å². The first-order chi connectivity index (χ1) is 18.5. The number of aryl methyl sites for hydroxylation is 1. The fraction of sp³-hybridized carbons (Fsp3) is 0.0741. The third-order valence-electron chi connectivity index (χ3n) is 5.56. The van der Waals surface area contributed by atoms with Crippen LogP contribution in [0.3, 0.4) is 0 Å². The summed E-state index contributed by atoms with van der Waals surface area (Å²) in [6, 6.07) is 23.2. The summed E-state index contributed by atoms with van der Waals surface area (Å²) in [5, 5.41) is 2.54. The standard InChI is InChI=1S/C27H23BrFN3O5S2/c1-19-6-14-24(15-7-19)39(36,37)32(26-5-3-2-4-25(26)29)18-27(33)30-21-12-16-23(17-13-21)38(34,35)31-22-10-8-20(28)9-11-22/h2-17,31H,18H2,1H3,(H,30,33). The van der Waals surface area contributed by atoms with E-state index in [1.165, 1.54) is 54.6 Å². The number of nitrogens with one attached hydrogen (secondary N) is 2. The van der Waals surface area contributed by atoms with Gasteiger partial charge in [0.15, 0.2) is 0 Å². The summed E-state index contributed by atoms with van der Waals surface area (Å²) in [6.45, 7) is 1.08. The van der Waals surface area contributed by atoms with Crippen LogP contribution in [-0.4, -0.2) is 29.3 Å². The summed E-state index contributed by atoms with van der Waals surface area (Å²) >= 11 is 3.29. The summed E-state index contributed by atoms with van der Waals surface area (Å²) in [6.07, 6.45) is 0. The highest BCUT2D eigenvalue weighted by atomic mass is 79.9. The van der Waals surface area contributed by atoms with Gasteiger partial charge in [-0.25, -0.2) is 21.2 Å². The molecule has 0 bridgehead atoms. The first kappa shape index (κ1) is 28.3. The Kier molecular flexibility index (Phi) is 8.38. The number of para-hydroxylation sites is 1. The van der Waals surface area contributed by atoms with E-state index in [1.54, 1.807) is 43.3 Å². The molecule has 1 amide bonds. The Bertz CT molecular complexity index is 1700. The fourth-order valence-corrected chi connectivity index (χ4v) is 6.32. The van der Waals surface area contributed by atoms with Gasteiger partial charge in [0.25, 0.3) is 20.0 Å². The second-order valence-corrected chi connectivity index (χ2v) is 12.9. The van der Waals surface area contributed by atoms with Crippen molar-refractivity contribution in [2.24, 2.45) is 0 Å². The lowest BCUT2D eigenvalue weighted by Crippen LogP contribution is -2.38. The van der Waals surface area contributed by atoms with Gasteiger partial charge in [0.1, 0.15) is 12.4 Å². The van der Waals surface area contributed by atoms with Crippen molar-refractivity contribution in [2.45, 2.75) is 16.7 Å². The maximum atomic E-state index is 14.7. The van der Waals surface area contributed by atoms with E-state index in [4.69, 9.17) is 0 Å². The summed E-state index contributed by atoms with van der Waals surface area (Å²) in [5.41, 5.74) is 1.15. The Morgan fingerprint density at radius 1 is 0.795 bits per heavy atom. The number of hydrogen-bond acceptors (Lipinski definition) is 5. The Hall–Kier alpha value is -3.74. The summed E-state index contributed by atoms with van der Waals surface area (Å²) < 4.78 is 70.8. The van der Waals surface area contributed by atoms with Crippen molar-refractivity contribution in [3.8, 4) is 0 Å². The van der Waals surface area contributed by atoms with Crippen LogP contribution < -0.4 is 14.3 Å². The van der Waals surface area contributed by atoms with E-state index in [2.05, 4.69) is 26.0 Å². The fourth-order valence-electron chi connectivity index (χ4n) is 3.57. The normalized spacial score (nSPS) is 11.6. The maximum Gasteiger partial charge on any atom is 0.264 e. The molecule has 39 heavy (non-hydrogen) atoms. The summed E-state index contributed by atoms with van der Waals surface area (Å²) in [5.74, 6) is -1.56. The molecular weight excluding hydrogens is 609 g/mol. The molecule has 0 atom stereocenters. The first-order valence-corrected chi connectivity index (χ1v) is 15.2. The molecule has 0 saturated heterocycles. The number of amides is 1. The minimum atomic E-state index is -4.30. The van der Waals surface area contributed by atoms with E-state index >= 15 is 0 Å². The number of carbonyl (C=O) groups excluding carboxylic acids is 1. The van der Waals surface area contributed by atoms with Crippen LogP contribution in [0.2, 0.25) is 0 Å². The molecular formula is C27H23BrFN3O5S2. The number of nitrogens with zero attached hydrogens (tertiary/aromatic N) is 1. The molecule has 0 aromatic heterocycles. The highest BCUT2D eigenvalue weighted by molar-refractivity contribution is 9.10. The molecule has 0 unspecified atom stereocenters. The smallest absolute Gasteiger partial charge is 0.264 e. The number of carbonyl (C=O) groups is 1. The van der Waals surface area contributed by atoms with E-state index in [0.29, 0.717) is 9.99 Å². The van der Waals surface area contributed by atoms with E-state index in [1.807, 2.05) is 0 Å². The molecule has 0 fully saturated rings. The number of rotatable bonds is 9. The van der Waals surface area contributed by atoms with Gasteiger partial charge in [-0.15, -0.1) is 0 Å². The molecule has 0 saturated carbocycles. The minimum Gasteiger partial charge on any atom is -0.325 e.